The maximum Gasteiger partial charge on any atom is 0.225 e. The van der Waals surface area contributed by atoms with Gasteiger partial charge in [0.2, 0.25) is 5.79 Å². The molecule has 10 heavy (non-hydrogen) atoms. The maximum absolute atomic E-state index is 10.5. The molecule has 0 aromatic carbocycles. The van der Waals surface area contributed by atoms with Gasteiger partial charge in [0.05, 0.1) is 13.2 Å². The van der Waals surface area contributed by atoms with Crippen LogP contribution in [0.5, 0.6) is 0 Å². The van der Waals surface area contributed by atoms with Crippen molar-refractivity contribution >= 4 is 6.29 Å². The number of carbonyl (C=O) groups excluding carboxylic acids is 1. The Labute approximate surface area is 60.3 Å². The lowest BCUT2D eigenvalue weighted by molar-refractivity contribution is -0.245. The van der Waals surface area contributed by atoms with Crippen molar-refractivity contribution in [2.75, 3.05) is 13.2 Å². The summed E-state index contributed by atoms with van der Waals surface area (Å²) in [5, 5.41) is 0. The van der Waals surface area contributed by atoms with Gasteiger partial charge in [0.25, 0.3) is 0 Å². The molecule has 1 rings (SSSR count). The second-order valence-corrected chi connectivity index (χ2v) is 2.33. The van der Waals surface area contributed by atoms with Crippen LogP contribution >= 0.6 is 0 Å². The SMILES string of the molecule is CCC1(C=O)OCCCO1. The van der Waals surface area contributed by atoms with Crippen LogP contribution in [0.15, 0.2) is 0 Å². The summed E-state index contributed by atoms with van der Waals surface area (Å²) in [4.78, 5) is 10.5. The quantitative estimate of drug-likeness (QED) is 0.536. The smallest absolute Gasteiger partial charge is 0.225 e. The molecule has 3 heteroatoms. The molecule has 58 valence electrons. The second-order valence-electron chi connectivity index (χ2n) is 2.33. The third-order valence-corrected chi connectivity index (χ3v) is 1.65. The van der Waals surface area contributed by atoms with Crippen LogP contribution < -0.4 is 0 Å². The van der Waals surface area contributed by atoms with E-state index in [1.54, 1.807) is 0 Å². The molecule has 0 N–H and O–H groups in total. The summed E-state index contributed by atoms with van der Waals surface area (Å²) in [7, 11) is 0. The van der Waals surface area contributed by atoms with E-state index in [4.69, 9.17) is 9.47 Å². The zero-order chi connectivity index (χ0) is 7.45. The Morgan fingerprint density at radius 2 is 2.10 bits per heavy atom. The van der Waals surface area contributed by atoms with Crippen molar-refractivity contribution < 1.29 is 14.3 Å². The Morgan fingerprint density at radius 1 is 1.50 bits per heavy atom. The van der Waals surface area contributed by atoms with Crippen LogP contribution in [0, 0.1) is 0 Å². The summed E-state index contributed by atoms with van der Waals surface area (Å²) >= 11 is 0. The minimum Gasteiger partial charge on any atom is -0.344 e. The molecule has 3 nitrogen and oxygen atoms in total. The van der Waals surface area contributed by atoms with Gasteiger partial charge in [0, 0.05) is 6.42 Å². The van der Waals surface area contributed by atoms with Crippen molar-refractivity contribution in [1.82, 2.24) is 0 Å². The highest BCUT2D eigenvalue weighted by atomic mass is 16.7. The van der Waals surface area contributed by atoms with Crippen LogP contribution in [-0.4, -0.2) is 25.3 Å². The van der Waals surface area contributed by atoms with Gasteiger partial charge < -0.3 is 9.47 Å². The first kappa shape index (κ1) is 7.69. The molecule has 1 fully saturated rings. The van der Waals surface area contributed by atoms with Crippen molar-refractivity contribution in [3.63, 3.8) is 0 Å². The fourth-order valence-corrected chi connectivity index (χ4v) is 0.946. The van der Waals surface area contributed by atoms with Gasteiger partial charge in [0.1, 0.15) is 0 Å². The number of aldehydes is 1. The molecule has 0 aliphatic carbocycles. The molecule has 0 bridgehead atoms. The van der Waals surface area contributed by atoms with E-state index < -0.39 is 5.79 Å². The molecule has 0 unspecified atom stereocenters. The van der Waals surface area contributed by atoms with Crippen LogP contribution in [0.2, 0.25) is 0 Å². The molecular formula is C7H12O3. The zero-order valence-electron chi connectivity index (χ0n) is 6.13. The third kappa shape index (κ3) is 1.36. The average molecular weight is 144 g/mol. The molecule has 0 radical (unpaired) electrons. The van der Waals surface area contributed by atoms with Crippen LogP contribution in [0.25, 0.3) is 0 Å². The van der Waals surface area contributed by atoms with Gasteiger partial charge in [-0.25, -0.2) is 0 Å². The van der Waals surface area contributed by atoms with Crippen LogP contribution in [0.3, 0.4) is 0 Å². The van der Waals surface area contributed by atoms with Gasteiger partial charge in [-0.2, -0.15) is 0 Å². The van der Waals surface area contributed by atoms with E-state index in [-0.39, 0.29) is 0 Å². The van der Waals surface area contributed by atoms with Crippen LogP contribution in [0.1, 0.15) is 19.8 Å². The highest BCUT2D eigenvalue weighted by molar-refractivity contribution is 5.60. The molecule has 0 aromatic rings. The average Bonchev–Trinajstić information content (AvgIpc) is 2.06. The molecule has 1 aliphatic rings. The molecule has 1 aliphatic heterocycles. The van der Waals surface area contributed by atoms with E-state index in [0.717, 1.165) is 12.7 Å². The minimum atomic E-state index is -0.918. The summed E-state index contributed by atoms with van der Waals surface area (Å²) < 4.78 is 10.3. The topological polar surface area (TPSA) is 35.5 Å². The highest BCUT2D eigenvalue weighted by Crippen LogP contribution is 2.19. The summed E-state index contributed by atoms with van der Waals surface area (Å²) in [6.45, 7) is 3.14. The van der Waals surface area contributed by atoms with Crippen molar-refractivity contribution in [3.8, 4) is 0 Å². The summed E-state index contributed by atoms with van der Waals surface area (Å²) in [6, 6.07) is 0. The van der Waals surface area contributed by atoms with Gasteiger partial charge in [-0.15, -0.1) is 0 Å². The Morgan fingerprint density at radius 3 is 2.40 bits per heavy atom. The van der Waals surface area contributed by atoms with E-state index in [2.05, 4.69) is 0 Å². The Kier molecular flexibility index (Phi) is 2.40. The zero-order valence-corrected chi connectivity index (χ0v) is 6.13. The summed E-state index contributed by atoms with van der Waals surface area (Å²) in [5.41, 5.74) is 0. The van der Waals surface area contributed by atoms with Gasteiger partial charge >= 0.3 is 0 Å². The molecule has 0 aromatic heterocycles. The lowest BCUT2D eigenvalue weighted by Gasteiger charge is -2.31. The van der Waals surface area contributed by atoms with Crippen molar-refractivity contribution in [2.24, 2.45) is 0 Å². The van der Waals surface area contributed by atoms with E-state index in [1.807, 2.05) is 6.92 Å². The van der Waals surface area contributed by atoms with Crippen molar-refractivity contribution in [1.29, 1.82) is 0 Å². The second kappa shape index (κ2) is 3.12. The molecule has 0 atom stereocenters. The lowest BCUT2D eigenvalue weighted by atomic mass is 10.2. The van der Waals surface area contributed by atoms with E-state index in [0.29, 0.717) is 19.6 Å². The number of hydrogen-bond donors (Lipinski definition) is 0. The normalized spacial score (nSPS) is 24.1. The first-order valence-corrected chi connectivity index (χ1v) is 3.57. The van der Waals surface area contributed by atoms with Crippen LogP contribution in [0.4, 0.5) is 0 Å². The monoisotopic (exact) mass is 144 g/mol. The predicted octanol–water partition coefficient (Wildman–Crippen LogP) is 0.728. The highest BCUT2D eigenvalue weighted by Gasteiger charge is 2.31. The first-order valence-electron chi connectivity index (χ1n) is 3.57. The van der Waals surface area contributed by atoms with Crippen molar-refractivity contribution in [3.05, 3.63) is 0 Å². The molecule has 1 saturated heterocycles. The van der Waals surface area contributed by atoms with Gasteiger partial charge in [0.15, 0.2) is 6.29 Å². The summed E-state index contributed by atoms with van der Waals surface area (Å²) in [6.07, 6.45) is 2.22. The molecule has 0 spiro atoms. The van der Waals surface area contributed by atoms with Crippen LogP contribution in [-0.2, 0) is 14.3 Å². The Hall–Kier alpha value is -0.410. The minimum absolute atomic E-state index is 0.594. The molecule has 0 saturated carbocycles. The third-order valence-electron chi connectivity index (χ3n) is 1.65. The fourth-order valence-electron chi connectivity index (χ4n) is 0.946. The molecule has 0 amide bonds. The van der Waals surface area contributed by atoms with Gasteiger partial charge in [-0.1, -0.05) is 6.92 Å². The van der Waals surface area contributed by atoms with Crippen molar-refractivity contribution in [2.45, 2.75) is 25.6 Å². The maximum atomic E-state index is 10.5. The number of carbonyl (C=O) groups is 1. The Balaban J connectivity index is 2.52. The van der Waals surface area contributed by atoms with E-state index in [1.165, 1.54) is 0 Å². The largest absolute Gasteiger partial charge is 0.344 e. The van der Waals surface area contributed by atoms with E-state index >= 15 is 0 Å². The fraction of sp³-hybridized carbons (Fsp3) is 0.857. The summed E-state index contributed by atoms with van der Waals surface area (Å²) in [5.74, 6) is -0.918. The number of ether oxygens (including phenoxy) is 2. The number of rotatable bonds is 2. The number of hydrogen-bond acceptors (Lipinski definition) is 3. The first-order chi connectivity index (χ1) is 4.83. The van der Waals surface area contributed by atoms with E-state index in [9.17, 15) is 4.79 Å². The Bertz CT molecular complexity index is 116. The molecular weight excluding hydrogens is 132 g/mol. The van der Waals surface area contributed by atoms with Gasteiger partial charge in [-0.3, -0.25) is 4.79 Å². The lowest BCUT2D eigenvalue weighted by Crippen LogP contribution is -2.41. The molecule has 1 heterocycles. The standard InChI is InChI=1S/C7H12O3/c1-2-7(6-8)9-4-3-5-10-7/h6H,2-5H2,1H3. The van der Waals surface area contributed by atoms with Gasteiger partial charge in [-0.05, 0) is 6.42 Å². The predicted molar refractivity (Wildman–Crippen MR) is 35.6 cm³/mol.